The number of amides is 1. The molecule has 8 heteroatoms. The number of carbonyl (C=O) groups excluding carboxylic acids is 1. The highest BCUT2D eigenvalue weighted by Gasteiger charge is 2.08. The van der Waals surface area contributed by atoms with E-state index in [9.17, 15) is 4.79 Å². The summed E-state index contributed by atoms with van der Waals surface area (Å²) in [6.45, 7) is -0.215. The lowest BCUT2D eigenvalue weighted by molar-refractivity contribution is -0.118. The van der Waals surface area contributed by atoms with Gasteiger partial charge < -0.3 is 15.4 Å². The van der Waals surface area contributed by atoms with Crippen LogP contribution in [0.3, 0.4) is 0 Å². The molecule has 3 rings (SSSR count). The smallest absolute Gasteiger partial charge is 0.263 e. The van der Waals surface area contributed by atoms with Gasteiger partial charge in [-0.05, 0) is 42.5 Å². The van der Waals surface area contributed by atoms with Gasteiger partial charge >= 0.3 is 0 Å². The van der Waals surface area contributed by atoms with Crippen LogP contribution in [0.25, 0.3) is 0 Å². The summed E-state index contributed by atoms with van der Waals surface area (Å²) in [4.78, 5) is 12.0. The lowest BCUT2D eigenvalue weighted by Gasteiger charge is -2.09. The molecule has 0 saturated carbocycles. The van der Waals surface area contributed by atoms with Crippen LogP contribution >= 0.6 is 23.2 Å². The average molecular weight is 389 g/mol. The highest BCUT2D eigenvalue weighted by Crippen LogP contribution is 2.27. The first kappa shape index (κ1) is 18.0. The van der Waals surface area contributed by atoms with Crippen molar-refractivity contribution < 1.29 is 9.53 Å². The number of nitrogens with zero attached hydrogens (tertiary/aromatic N) is 2. The molecule has 0 spiro atoms. The molecular weight excluding hydrogens is 375 g/mol. The number of nitrogens with one attached hydrogen (secondary N) is 2. The minimum atomic E-state index is -0.380. The molecule has 0 radical (unpaired) electrons. The standard InChI is InChI=1S/C18H14Cl2N4O2/c19-12-6-7-15(14(20)10-12)26-11-18(25)22-17-9-8-16(23-24-17)21-13-4-2-1-3-5-13/h1-10H,11H2,(H,21,23)(H,22,24,25). The van der Waals surface area contributed by atoms with Crippen LogP contribution in [0.2, 0.25) is 10.0 Å². The van der Waals surface area contributed by atoms with Gasteiger partial charge in [0.1, 0.15) is 5.75 Å². The van der Waals surface area contributed by atoms with Gasteiger partial charge in [-0.15, -0.1) is 10.2 Å². The van der Waals surface area contributed by atoms with Crippen molar-refractivity contribution in [3.63, 3.8) is 0 Å². The molecule has 2 aromatic carbocycles. The summed E-state index contributed by atoms with van der Waals surface area (Å²) in [6, 6.07) is 17.7. The van der Waals surface area contributed by atoms with E-state index in [-0.39, 0.29) is 12.5 Å². The van der Waals surface area contributed by atoms with Crippen LogP contribution in [-0.4, -0.2) is 22.7 Å². The third-order valence-corrected chi connectivity index (χ3v) is 3.76. The maximum Gasteiger partial charge on any atom is 0.263 e. The lowest BCUT2D eigenvalue weighted by atomic mass is 10.3. The third kappa shape index (κ3) is 5.08. The normalized spacial score (nSPS) is 10.2. The number of halogens is 2. The predicted molar refractivity (Wildman–Crippen MR) is 102 cm³/mol. The van der Waals surface area contributed by atoms with Crippen LogP contribution in [-0.2, 0) is 4.79 Å². The largest absolute Gasteiger partial charge is 0.482 e. The van der Waals surface area contributed by atoms with Gasteiger partial charge in [0.25, 0.3) is 5.91 Å². The minimum Gasteiger partial charge on any atom is -0.482 e. The van der Waals surface area contributed by atoms with E-state index in [0.29, 0.717) is 27.4 Å². The molecule has 0 fully saturated rings. The molecule has 0 atom stereocenters. The highest BCUT2D eigenvalue weighted by atomic mass is 35.5. The van der Waals surface area contributed by atoms with E-state index in [4.69, 9.17) is 27.9 Å². The van der Waals surface area contributed by atoms with Crippen molar-refractivity contribution in [1.29, 1.82) is 0 Å². The number of ether oxygens (including phenoxy) is 1. The van der Waals surface area contributed by atoms with E-state index in [2.05, 4.69) is 20.8 Å². The summed E-state index contributed by atoms with van der Waals surface area (Å²) in [5, 5.41) is 14.5. The molecule has 0 aliphatic rings. The van der Waals surface area contributed by atoms with Crippen LogP contribution < -0.4 is 15.4 Å². The Kier molecular flexibility index (Phi) is 5.88. The maximum atomic E-state index is 12.0. The number of carbonyl (C=O) groups is 1. The predicted octanol–water partition coefficient (Wildman–Crippen LogP) is 4.54. The molecule has 0 aliphatic heterocycles. The van der Waals surface area contributed by atoms with Gasteiger partial charge in [0.05, 0.1) is 5.02 Å². The zero-order valence-corrected chi connectivity index (χ0v) is 15.0. The summed E-state index contributed by atoms with van der Waals surface area (Å²) >= 11 is 11.8. The molecule has 1 aromatic heterocycles. The van der Waals surface area contributed by atoms with Gasteiger partial charge in [-0.25, -0.2) is 0 Å². The van der Waals surface area contributed by atoms with Gasteiger partial charge in [-0.1, -0.05) is 41.4 Å². The fraction of sp³-hybridized carbons (Fsp3) is 0.0556. The van der Waals surface area contributed by atoms with Crippen LogP contribution in [0.1, 0.15) is 0 Å². The second kappa shape index (κ2) is 8.51. The Morgan fingerprint density at radius 3 is 2.38 bits per heavy atom. The average Bonchev–Trinajstić information content (AvgIpc) is 2.63. The van der Waals surface area contributed by atoms with Gasteiger partial charge in [0.2, 0.25) is 0 Å². The van der Waals surface area contributed by atoms with Crippen LogP contribution in [0, 0.1) is 0 Å². The quantitative estimate of drug-likeness (QED) is 0.647. The first-order valence-electron chi connectivity index (χ1n) is 7.64. The van der Waals surface area contributed by atoms with Gasteiger partial charge in [-0.2, -0.15) is 0 Å². The monoisotopic (exact) mass is 388 g/mol. The van der Waals surface area contributed by atoms with Crippen molar-refractivity contribution >= 4 is 46.4 Å². The fourth-order valence-corrected chi connectivity index (χ4v) is 2.51. The Morgan fingerprint density at radius 2 is 1.69 bits per heavy atom. The van der Waals surface area contributed by atoms with E-state index in [1.54, 1.807) is 30.3 Å². The lowest BCUT2D eigenvalue weighted by Crippen LogP contribution is -2.21. The van der Waals surface area contributed by atoms with Crippen LogP contribution in [0.5, 0.6) is 5.75 Å². The van der Waals surface area contributed by atoms with Crippen LogP contribution in [0.4, 0.5) is 17.3 Å². The van der Waals surface area contributed by atoms with E-state index < -0.39 is 0 Å². The van der Waals surface area contributed by atoms with Crippen molar-refractivity contribution in [3.8, 4) is 5.75 Å². The van der Waals surface area contributed by atoms with E-state index >= 15 is 0 Å². The van der Waals surface area contributed by atoms with E-state index in [1.165, 1.54) is 0 Å². The van der Waals surface area contributed by atoms with E-state index in [0.717, 1.165) is 5.69 Å². The molecule has 132 valence electrons. The Labute approximate surface area is 160 Å². The summed E-state index contributed by atoms with van der Waals surface area (Å²) in [5.41, 5.74) is 0.895. The van der Waals surface area contributed by atoms with Crippen molar-refractivity contribution in [1.82, 2.24) is 10.2 Å². The Morgan fingerprint density at radius 1 is 0.962 bits per heavy atom. The summed E-state index contributed by atoms with van der Waals surface area (Å²) < 4.78 is 5.37. The Hall–Kier alpha value is -2.83. The Bertz CT molecular complexity index is 889. The number of anilines is 3. The number of hydrogen-bond acceptors (Lipinski definition) is 5. The second-order valence-electron chi connectivity index (χ2n) is 5.21. The number of para-hydroxylation sites is 1. The van der Waals surface area contributed by atoms with Gasteiger partial charge in [-0.3, -0.25) is 4.79 Å². The number of rotatable bonds is 6. The topological polar surface area (TPSA) is 76.1 Å². The molecule has 0 saturated heterocycles. The molecule has 1 amide bonds. The summed E-state index contributed by atoms with van der Waals surface area (Å²) in [6.07, 6.45) is 0. The molecule has 1 heterocycles. The Balaban J connectivity index is 1.52. The molecule has 26 heavy (non-hydrogen) atoms. The third-order valence-electron chi connectivity index (χ3n) is 3.23. The zero-order valence-electron chi connectivity index (χ0n) is 13.4. The van der Waals surface area contributed by atoms with Crippen molar-refractivity contribution in [3.05, 3.63) is 70.7 Å². The number of hydrogen-bond donors (Lipinski definition) is 2. The highest BCUT2D eigenvalue weighted by molar-refractivity contribution is 6.35. The molecule has 2 N–H and O–H groups in total. The molecular formula is C18H14Cl2N4O2. The number of aromatic nitrogens is 2. The van der Waals surface area contributed by atoms with Crippen molar-refractivity contribution in [2.45, 2.75) is 0 Å². The first-order valence-corrected chi connectivity index (χ1v) is 8.39. The first-order chi connectivity index (χ1) is 12.6. The zero-order chi connectivity index (χ0) is 18.4. The van der Waals surface area contributed by atoms with E-state index in [1.807, 2.05) is 30.3 Å². The molecule has 0 unspecified atom stereocenters. The maximum absolute atomic E-state index is 12.0. The van der Waals surface area contributed by atoms with Crippen molar-refractivity contribution in [2.24, 2.45) is 0 Å². The van der Waals surface area contributed by atoms with Gasteiger partial charge in [0, 0.05) is 10.7 Å². The second-order valence-corrected chi connectivity index (χ2v) is 6.05. The van der Waals surface area contributed by atoms with Crippen molar-refractivity contribution in [2.75, 3.05) is 17.2 Å². The van der Waals surface area contributed by atoms with Crippen LogP contribution in [0.15, 0.2) is 60.7 Å². The SMILES string of the molecule is O=C(COc1ccc(Cl)cc1Cl)Nc1ccc(Nc2ccccc2)nn1. The van der Waals surface area contributed by atoms with Gasteiger partial charge in [0.15, 0.2) is 18.2 Å². The molecule has 3 aromatic rings. The number of benzene rings is 2. The molecule has 0 aliphatic carbocycles. The fourth-order valence-electron chi connectivity index (χ4n) is 2.05. The molecule has 6 nitrogen and oxygen atoms in total. The summed E-state index contributed by atoms with van der Waals surface area (Å²) in [7, 11) is 0. The minimum absolute atomic E-state index is 0.215. The molecule has 0 bridgehead atoms. The summed E-state index contributed by atoms with van der Waals surface area (Å²) in [5.74, 6) is 0.881.